The van der Waals surface area contributed by atoms with Crippen LogP contribution in [0.1, 0.15) is 26.5 Å². The van der Waals surface area contributed by atoms with Crippen LogP contribution in [-0.2, 0) is 14.3 Å². The number of benzene rings is 1. The summed E-state index contributed by atoms with van der Waals surface area (Å²) in [5.74, 6) is -1.10. The lowest BCUT2D eigenvalue weighted by Crippen LogP contribution is -2.37. The van der Waals surface area contributed by atoms with E-state index in [0.717, 1.165) is 28.0 Å². The van der Waals surface area contributed by atoms with Crippen molar-refractivity contribution < 1.29 is 19.1 Å². The first kappa shape index (κ1) is 19.0. The fraction of sp³-hybridized carbons (Fsp3) is 0.250. The molecule has 0 radical (unpaired) electrons. The smallest absolute Gasteiger partial charge is 0.326 e. The van der Waals surface area contributed by atoms with Crippen molar-refractivity contribution in [1.82, 2.24) is 9.47 Å². The number of carbonyl (C=O) groups is 3. The molecule has 1 fully saturated rings. The van der Waals surface area contributed by atoms with E-state index in [1.54, 1.807) is 26.8 Å². The molecule has 7 heteroatoms. The predicted molar refractivity (Wildman–Crippen MR) is 104 cm³/mol. The number of thioether (sulfide) groups is 1. The van der Waals surface area contributed by atoms with Crippen molar-refractivity contribution in [3.05, 3.63) is 59.3 Å². The molecule has 0 spiro atoms. The van der Waals surface area contributed by atoms with Crippen molar-refractivity contribution in [2.24, 2.45) is 0 Å². The van der Waals surface area contributed by atoms with Crippen molar-refractivity contribution in [2.45, 2.75) is 26.4 Å². The number of aromatic nitrogens is 1. The maximum absolute atomic E-state index is 12.6. The van der Waals surface area contributed by atoms with Crippen molar-refractivity contribution in [3.8, 4) is 5.69 Å². The Morgan fingerprint density at radius 3 is 2.48 bits per heavy atom. The van der Waals surface area contributed by atoms with E-state index in [9.17, 15) is 14.4 Å². The van der Waals surface area contributed by atoms with Crippen LogP contribution in [0, 0.1) is 0 Å². The Morgan fingerprint density at radius 1 is 1.11 bits per heavy atom. The molecular weight excluding hydrogens is 364 g/mol. The molecule has 0 bridgehead atoms. The van der Waals surface area contributed by atoms with E-state index >= 15 is 0 Å². The predicted octanol–water partition coefficient (Wildman–Crippen LogP) is 3.86. The molecular formula is C20H20N2O4S. The fourth-order valence-electron chi connectivity index (χ4n) is 2.61. The summed E-state index contributed by atoms with van der Waals surface area (Å²) in [5, 5.41) is -0.477. The number of hydrogen-bond acceptors (Lipinski definition) is 5. The minimum absolute atomic E-state index is 0.277. The van der Waals surface area contributed by atoms with Crippen molar-refractivity contribution >= 4 is 35.0 Å². The zero-order chi connectivity index (χ0) is 19.6. The van der Waals surface area contributed by atoms with Gasteiger partial charge < -0.3 is 9.30 Å². The zero-order valence-corrected chi connectivity index (χ0v) is 16.2. The van der Waals surface area contributed by atoms with Crippen LogP contribution in [-0.4, -0.2) is 38.7 Å². The molecule has 27 heavy (non-hydrogen) atoms. The molecule has 1 saturated heterocycles. The van der Waals surface area contributed by atoms with E-state index < -0.39 is 22.7 Å². The summed E-state index contributed by atoms with van der Waals surface area (Å²) in [6, 6.07) is 13.4. The topological polar surface area (TPSA) is 68.6 Å². The molecule has 0 N–H and O–H groups in total. The lowest BCUT2D eigenvalue weighted by Gasteiger charge is -2.21. The lowest BCUT2D eigenvalue weighted by molar-refractivity contribution is -0.156. The van der Waals surface area contributed by atoms with Crippen LogP contribution >= 0.6 is 11.8 Å². The third-order valence-corrected chi connectivity index (χ3v) is 4.58. The molecule has 0 unspecified atom stereocenters. The Labute approximate surface area is 161 Å². The van der Waals surface area contributed by atoms with E-state index in [4.69, 9.17) is 4.74 Å². The van der Waals surface area contributed by atoms with Crippen LogP contribution in [0.4, 0.5) is 4.79 Å². The van der Waals surface area contributed by atoms with E-state index in [2.05, 4.69) is 0 Å². The summed E-state index contributed by atoms with van der Waals surface area (Å²) in [4.78, 5) is 37.9. The molecule has 1 aromatic carbocycles. The van der Waals surface area contributed by atoms with Gasteiger partial charge in [-0.3, -0.25) is 19.3 Å². The maximum Gasteiger partial charge on any atom is 0.326 e. The van der Waals surface area contributed by atoms with E-state index in [1.807, 2.05) is 53.2 Å². The largest absolute Gasteiger partial charge is 0.459 e. The summed E-state index contributed by atoms with van der Waals surface area (Å²) in [6.07, 6.45) is 3.54. The highest BCUT2D eigenvalue weighted by molar-refractivity contribution is 8.18. The normalized spacial score (nSPS) is 16.3. The molecule has 0 atom stereocenters. The number of ether oxygens (including phenoxy) is 1. The molecule has 2 aromatic rings. The quantitative estimate of drug-likeness (QED) is 0.591. The van der Waals surface area contributed by atoms with E-state index in [-0.39, 0.29) is 11.4 Å². The highest BCUT2D eigenvalue weighted by atomic mass is 32.2. The third-order valence-electron chi connectivity index (χ3n) is 3.67. The Balaban J connectivity index is 1.80. The number of esters is 1. The van der Waals surface area contributed by atoms with Crippen LogP contribution in [0.25, 0.3) is 11.8 Å². The van der Waals surface area contributed by atoms with Crippen LogP contribution in [0.15, 0.2) is 53.6 Å². The molecule has 6 nitrogen and oxygen atoms in total. The van der Waals surface area contributed by atoms with Gasteiger partial charge in [-0.15, -0.1) is 0 Å². The Hall–Kier alpha value is -2.80. The minimum Gasteiger partial charge on any atom is -0.459 e. The highest BCUT2D eigenvalue weighted by Gasteiger charge is 2.37. The average Bonchev–Trinajstić information content (AvgIpc) is 3.15. The number of carbonyl (C=O) groups excluding carboxylic acids is 3. The van der Waals surface area contributed by atoms with Crippen LogP contribution in [0.3, 0.4) is 0 Å². The second-order valence-corrected chi connectivity index (χ2v) is 7.99. The SMILES string of the molecule is CC(C)(C)OC(=O)CN1C(=O)S/C(=C\c2cccn2-c2ccccc2)C1=O. The maximum atomic E-state index is 12.6. The second-order valence-electron chi connectivity index (χ2n) is 6.99. The van der Waals surface area contributed by atoms with Crippen LogP contribution < -0.4 is 0 Å². The number of nitrogens with zero attached hydrogens (tertiary/aromatic N) is 2. The lowest BCUT2D eigenvalue weighted by atomic mass is 10.2. The number of rotatable bonds is 4. The van der Waals surface area contributed by atoms with Gasteiger partial charge in [0.1, 0.15) is 12.1 Å². The summed E-state index contributed by atoms with van der Waals surface area (Å²) in [5.41, 5.74) is 1.04. The first-order chi connectivity index (χ1) is 12.7. The number of para-hydroxylation sites is 1. The standard InChI is InChI=1S/C20H20N2O4S/c1-20(2,3)26-17(23)13-22-18(24)16(27-19(22)25)12-15-10-7-11-21(15)14-8-5-4-6-9-14/h4-12H,13H2,1-3H3/b16-12-. The van der Waals surface area contributed by atoms with E-state index in [0.29, 0.717) is 0 Å². The van der Waals surface area contributed by atoms with Crippen molar-refractivity contribution in [1.29, 1.82) is 0 Å². The Bertz CT molecular complexity index is 910. The molecule has 1 aliphatic heterocycles. The second kappa shape index (κ2) is 7.44. The molecule has 1 aromatic heterocycles. The average molecular weight is 384 g/mol. The van der Waals surface area contributed by atoms with Crippen molar-refractivity contribution in [2.75, 3.05) is 6.54 Å². The van der Waals surface area contributed by atoms with Gasteiger partial charge >= 0.3 is 5.97 Å². The molecule has 1 aliphatic rings. The van der Waals surface area contributed by atoms with Crippen LogP contribution in [0.5, 0.6) is 0 Å². The van der Waals surface area contributed by atoms with Gasteiger partial charge in [0, 0.05) is 17.6 Å². The summed E-state index contributed by atoms with van der Waals surface area (Å²) < 4.78 is 7.11. The third kappa shape index (κ3) is 4.49. The van der Waals surface area contributed by atoms with Gasteiger partial charge in [0.15, 0.2) is 0 Å². The van der Waals surface area contributed by atoms with Gasteiger partial charge in [-0.2, -0.15) is 0 Å². The monoisotopic (exact) mass is 384 g/mol. The van der Waals surface area contributed by atoms with Gasteiger partial charge in [0.2, 0.25) is 0 Å². The fourth-order valence-corrected chi connectivity index (χ4v) is 3.43. The molecule has 0 aliphatic carbocycles. The van der Waals surface area contributed by atoms with Gasteiger partial charge in [-0.05, 0) is 62.9 Å². The molecule has 140 valence electrons. The number of imide groups is 1. The number of hydrogen-bond donors (Lipinski definition) is 0. The first-order valence-electron chi connectivity index (χ1n) is 8.44. The minimum atomic E-state index is -0.675. The van der Waals surface area contributed by atoms with Crippen molar-refractivity contribution in [3.63, 3.8) is 0 Å². The Morgan fingerprint density at radius 2 is 1.81 bits per heavy atom. The Kier molecular flexibility index (Phi) is 5.23. The first-order valence-corrected chi connectivity index (χ1v) is 9.26. The molecule has 2 amide bonds. The molecule has 3 rings (SSSR count). The highest BCUT2D eigenvalue weighted by Crippen LogP contribution is 2.32. The number of amides is 2. The zero-order valence-electron chi connectivity index (χ0n) is 15.3. The van der Waals surface area contributed by atoms with Gasteiger partial charge in [0.05, 0.1) is 4.91 Å². The van der Waals surface area contributed by atoms with Gasteiger partial charge in [-0.1, -0.05) is 18.2 Å². The van der Waals surface area contributed by atoms with E-state index in [1.165, 1.54) is 0 Å². The summed E-state index contributed by atoms with van der Waals surface area (Å²) in [7, 11) is 0. The summed E-state index contributed by atoms with van der Waals surface area (Å²) >= 11 is 0.821. The molecule has 0 saturated carbocycles. The van der Waals surface area contributed by atoms with Gasteiger partial charge in [-0.25, -0.2) is 0 Å². The van der Waals surface area contributed by atoms with Crippen LogP contribution in [0.2, 0.25) is 0 Å². The van der Waals surface area contributed by atoms with Gasteiger partial charge in [0.25, 0.3) is 11.1 Å². The summed E-state index contributed by atoms with van der Waals surface area (Å²) in [6.45, 7) is 4.81. The molecule has 2 heterocycles.